The van der Waals surface area contributed by atoms with Crippen LogP contribution in [-0.4, -0.2) is 46.7 Å². The van der Waals surface area contributed by atoms with Crippen LogP contribution in [0.25, 0.3) is 0 Å². The Morgan fingerprint density at radius 1 is 1.27 bits per heavy atom. The molecule has 142 valence electrons. The van der Waals surface area contributed by atoms with Gasteiger partial charge in [0, 0.05) is 19.3 Å². The molecular formula is C18H26N4O3S. The minimum atomic E-state index is -3.58. The molecule has 2 aromatic rings. The van der Waals surface area contributed by atoms with Gasteiger partial charge in [0.05, 0.1) is 24.1 Å². The molecule has 0 N–H and O–H groups in total. The van der Waals surface area contributed by atoms with Crippen molar-refractivity contribution in [3.8, 4) is 5.75 Å². The van der Waals surface area contributed by atoms with E-state index in [2.05, 4.69) is 10.1 Å². The van der Waals surface area contributed by atoms with E-state index in [-0.39, 0.29) is 6.10 Å². The molecule has 26 heavy (non-hydrogen) atoms. The van der Waals surface area contributed by atoms with Crippen LogP contribution in [0.1, 0.15) is 37.4 Å². The highest BCUT2D eigenvalue weighted by molar-refractivity contribution is 7.89. The fourth-order valence-electron chi connectivity index (χ4n) is 3.38. The monoisotopic (exact) mass is 378 g/mol. The Labute approximate surface area is 155 Å². The van der Waals surface area contributed by atoms with Crippen LogP contribution in [0.4, 0.5) is 0 Å². The molecule has 7 nitrogen and oxygen atoms in total. The van der Waals surface area contributed by atoms with Crippen LogP contribution in [0.2, 0.25) is 0 Å². The van der Waals surface area contributed by atoms with Gasteiger partial charge in [-0.15, -0.1) is 0 Å². The Balaban J connectivity index is 1.80. The largest absolute Gasteiger partial charge is 0.487 e. The summed E-state index contributed by atoms with van der Waals surface area (Å²) in [5, 5.41) is 4.40. The normalized spacial score (nSPS) is 18.4. The lowest BCUT2D eigenvalue weighted by Crippen LogP contribution is -2.32. The van der Waals surface area contributed by atoms with Crippen molar-refractivity contribution in [3.05, 3.63) is 35.4 Å². The standard InChI is InChI=1S/C18H26N4O3S/c1-5-16-18(17(6-2)21(4)20-16)26(23,24)22-10-9-15(12-22)25-14-8-7-13(3)19-11-14/h7-8,11,15H,5-6,9-10,12H2,1-4H3/t15-/m0/s1. The lowest BCUT2D eigenvalue weighted by Gasteiger charge is -2.18. The summed E-state index contributed by atoms with van der Waals surface area (Å²) in [4.78, 5) is 4.59. The van der Waals surface area contributed by atoms with Crippen LogP contribution >= 0.6 is 0 Å². The highest BCUT2D eigenvalue weighted by Crippen LogP contribution is 2.29. The van der Waals surface area contributed by atoms with Crippen molar-refractivity contribution in [3.63, 3.8) is 0 Å². The summed E-state index contributed by atoms with van der Waals surface area (Å²) < 4.78 is 35.6. The van der Waals surface area contributed by atoms with Crippen molar-refractivity contribution < 1.29 is 13.2 Å². The number of hydrogen-bond acceptors (Lipinski definition) is 5. The van der Waals surface area contributed by atoms with Gasteiger partial charge in [0.1, 0.15) is 16.7 Å². The van der Waals surface area contributed by atoms with Gasteiger partial charge in [0.2, 0.25) is 10.0 Å². The van der Waals surface area contributed by atoms with Crippen molar-refractivity contribution in [2.75, 3.05) is 13.1 Å². The third kappa shape index (κ3) is 3.48. The molecule has 0 bridgehead atoms. The Hall–Kier alpha value is -1.93. The van der Waals surface area contributed by atoms with Gasteiger partial charge in [-0.1, -0.05) is 13.8 Å². The van der Waals surface area contributed by atoms with Crippen LogP contribution in [-0.2, 0) is 29.9 Å². The average Bonchev–Trinajstić information content (AvgIpc) is 3.21. The Morgan fingerprint density at radius 2 is 2.04 bits per heavy atom. The van der Waals surface area contributed by atoms with Crippen LogP contribution < -0.4 is 4.74 Å². The van der Waals surface area contributed by atoms with Crippen molar-refractivity contribution in [1.29, 1.82) is 0 Å². The molecule has 1 aliphatic rings. The zero-order chi connectivity index (χ0) is 18.9. The molecule has 0 saturated carbocycles. The van der Waals surface area contributed by atoms with Gasteiger partial charge < -0.3 is 4.74 Å². The minimum Gasteiger partial charge on any atom is -0.487 e. The number of sulfonamides is 1. The molecule has 3 rings (SSSR count). The summed E-state index contributed by atoms with van der Waals surface area (Å²) >= 11 is 0. The predicted octanol–water partition coefficient (Wildman–Crippen LogP) is 2.09. The SMILES string of the molecule is CCc1nn(C)c(CC)c1S(=O)(=O)N1CC[C@H](Oc2ccc(C)nc2)C1. The van der Waals surface area contributed by atoms with Crippen LogP contribution in [0.5, 0.6) is 5.75 Å². The Morgan fingerprint density at radius 3 is 2.65 bits per heavy atom. The number of hydrogen-bond donors (Lipinski definition) is 0. The fraction of sp³-hybridized carbons (Fsp3) is 0.556. The van der Waals surface area contributed by atoms with E-state index in [1.807, 2.05) is 32.9 Å². The number of aromatic nitrogens is 3. The van der Waals surface area contributed by atoms with E-state index >= 15 is 0 Å². The molecule has 1 atom stereocenters. The number of pyridine rings is 1. The number of nitrogens with zero attached hydrogens (tertiary/aromatic N) is 4. The van der Waals surface area contributed by atoms with Gasteiger partial charge >= 0.3 is 0 Å². The number of ether oxygens (including phenoxy) is 1. The second kappa shape index (κ2) is 7.36. The van der Waals surface area contributed by atoms with Gasteiger partial charge in [-0.3, -0.25) is 9.67 Å². The molecule has 0 aromatic carbocycles. The van der Waals surface area contributed by atoms with E-state index in [4.69, 9.17) is 4.74 Å². The van der Waals surface area contributed by atoms with Crippen molar-refractivity contribution in [1.82, 2.24) is 19.1 Å². The van der Waals surface area contributed by atoms with Crippen molar-refractivity contribution in [2.24, 2.45) is 7.05 Å². The van der Waals surface area contributed by atoms with E-state index in [9.17, 15) is 8.42 Å². The van der Waals surface area contributed by atoms with Gasteiger partial charge in [-0.25, -0.2) is 8.42 Å². The van der Waals surface area contributed by atoms with Gasteiger partial charge in [0.15, 0.2) is 0 Å². The summed E-state index contributed by atoms with van der Waals surface area (Å²) in [6.45, 7) is 6.60. The first kappa shape index (κ1) is 18.8. The molecule has 0 unspecified atom stereocenters. The summed E-state index contributed by atoms with van der Waals surface area (Å²) in [7, 11) is -1.78. The maximum Gasteiger partial charge on any atom is 0.246 e. The van der Waals surface area contributed by atoms with E-state index in [1.54, 1.807) is 17.9 Å². The topological polar surface area (TPSA) is 77.3 Å². The quantitative estimate of drug-likeness (QED) is 0.769. The molecule has 8 heteroatoms. The zero-order valence-electron chi connectivity index (χ0n) is 15.8. The summed E-state index contributed by atoms with van der Waals surface area (Å²) in [6, 6.07) is 3.75. The molecule has 0 radical (unpaired) electrons. The summed E-state index contributed by atoms with van der Waals surface area (Å²) in [5.41, 5.74) is 2.31. The van der Waals surface area contributed by atoms with Gasteiger partial charge in [-0.05, 0) is 38.3 Å². The maximum atomic E-state index is 13.3. The van der Waals surface area contributed by atoms with E-state index < -0.39 is 10.0 Å². The predicted molar refractivity (Wildman–Crippen MR) is 98.7 cm³/mol. The maximum absolute atomic E-state index is 13.3. The van der Waals surface area contributed by atoms with Crippen LogP contribution in [0.3, 0.4) is 0 Å². The third-order valence-electron chi connectivity index (χ3n) is 4.75. The molecule has 0 aliphatic carbocycles. The van der Waals surface area contributed by atoms with Gasteiger partial charge in [0.25, 0.3) is 0 Å². The molecule has 3 heterocycles. The fourth-order valence-corrected chi connectivity index (χ4v) is 5.40. The van der Waals surface area contributed by atoms with Gasteiger partial charge in [-0.2, -0.15) is 9.40 Å². The lowest BCUT2D eigenvalue weighted by molar-refractivity contribution is 0.214. The first-order chi connectivity index (χ1) is 12.4. The lowest BCUT2D eigenvalue weighted by atomic mass is 10.2. The Kier molecular flexibility index (Phi) is 5.34. The molecule has 0 amide bonds. The highest BCUT2D eigenvalue weighted by atomic mass is 32.2. The highest BCUT2D eigenvalue weighted by Gasteiger charge is 2.37. The van der Waals surface area contributed by atoms with Crippen molar-refractivity contribution >= 4 is 10.0 Å². The van der Waals surface area contributed by atoms with Crippen molar-refractivity contribution in [2.45, 2.75) is 51.0 Å². The third-order valence-corrected chi connectivity index (χ3v) is 6.75. The second-order valence-corrected chi connectivity index (χ2v) is 8.45. The number of aryl methyl sites for hydroxylation is 3. The van der Waals surface area contributed by atoms with E-state index in [1.165, 1.54) is 4.31 Å². The first-order valence-corrected chi connectivity index (χ1v) is 10.4. The Bertz CT molecular complexity index is 875. The molecular weight excluding hydrogens is 352 g/mol. The van der Waals surface area contributed by atoms with E-state index in [0.717, 1.165) is 11.4 Å². The zero-order valence-corrected chi connectivity index (χ0v) is 16.6. The van der Waals surface area contributed by atoms with E-state index in [0.29, 0.717) is 48.7 Å². The number of rotatable bonds is 6. The molecule has 1 aliphatic heterocycles. The second-order valence-electron chi connectivity index (χ2n) is 6.58. The average molecular weight is 378 g/mol. The minimum absolute atomic E-state index is 0.166. The molecule has 0 spiro atoms. The summed E-state index contributed by atoms with van der Waals surface area (Å²) in [5.74, 6) is 0.671. The van der Waals surface area contributed by atoms with Crippen LogP contribution in [0, 0.1) is 6.92 Å². The smallest absolute Gasteiger partial charge is 0.246 e. The molecule has 1 fully saturated rings. The molecule has 1 saturated heterocycles. The summed E-state index contributed by atoms with van der Waals surface area (Å²) in [6.07, 6.45) is 3.39. The molecule has 2 aromatic heterocycles. The van der Waals surface area contributed by atoms with Crippen LogP contribution in [0.15, 0.2) is 23.2 Å². The first-order valence-electron chi connectivity index (χ1n) is 9.01.